The third-order valence-corrected chi connectivity index (χ3v) is 2.95. The predicted molar refractivity (Wildman–Crippen MR) is 76.3 cm³/mol. The Bertz CT molecular complexity index is 473. The van der Waals surface area contributed by atoms with Crippen LogP contribution in [0.1, 0.15) is 5.56 Å². The van der Waals surface area contributed by atoms with Gasteiger partial charge in [0.05, 0.1) is 17.3 Å². The first-order valence-corrected chi connectivity index (χ1v) is 6.35. The molecular formula is C13H17ClN2O4. The standard InChI is InChI=1S/C13H17ClN2O4/c1-9-4-3-5-10(14)12(9)15-13(19)16(6-7-20-2)8-11(17)18/h3-5H,6-8H2,1-2H3,(H,15,19)(H,17,18). The molecule has 6 nitrogen and oxygen atoms in total. The maximum absolute atomic E-state index is 12.1. The molecule has 2 amide bonds. The largest absolute Gasteiger partial charge is 0.480 e. The van der Waals surface area contributed by atoms with E-state index in [4.69, 9.17) is 21.4 Å². The molecule has 0 saturated carbocycles. The second kappa shape index (κ2) is 7.72. The topological polar surface area (TPSA) is 78.9 Å². The highest BCUT2D eigenvalue weighted by Gasteiger charge is 2.18. The summed E-state index contributed by atoms with van der Waals surface area (Å²) < 4.78 is 4.86. The molecule has 20 heavy (non-hydrogen) atoms. The van der Waals surface area contributed by atoms with Crippen molar-refractivity contribution in [3.05, 3.63) is 28.8 Å². The number of benzene rings is 1. The van der Waals surface area contributed by atoms with E-state index in [9.17, 15) is 9.59 Å². The van der Waals surface area contributed by atoms with Crippen molar-refractivity contribution in [1.82, 2.24) is 4.90 Å². The molecule has 0 unspecified atom stereocenters. The number of hydrogen-bond acceptors (Lipinski definition) is 3. The van der Waals surface area contributed by atoms with Crippen LogP contribution in [-0.2, 0) is 9.53 Å². The number of nitrogens with one attached hydrogen (secondary N) is 1. The van der Waals surface area contributed by atoms with Gasteiger partial charge in [-0.05, 0) is 18.6 Å². The molecule has 0 atom stereocenters. The molecule has 110 valence electrons. The van der Waals surface area contributed by atoms with Crippen LogP contribution in [0.25, 0.3) is 0 Å². The van der Waals surface area contributed by atoms with E-state index in [1.54, 1.807) is 25.1 Å². The van der Waals surface area contributed by atoms with Crippen molar-refractivity contribution < 1.29 is 19.4 Å². The lowest BCUT2D eigenvalue weighted by atomic mass is 10.2. The van der Waals surface area contributed by atoms with Gasteiger partial charge in [0.1, 0.15) is 6.54 Å². The van der Waals surface area contributed by atoms with Gasteiger partial charge in [0.2, 0.25) is 0 Å². The molecule has 1 aromatic carbocycles. The lowest BCUT2D eigenvalue weighted by Gasteiger charge is -2.21. The van der Waals surface area contributed by atoms with Gasteiger partial charge in [-0.25, -0.2) is 4.79 Å². The van der Waals surface area contributed by atoms with Crippen LogP contribution >= 0.6 is 11.6 Å². The van der Waals surface area contributed by atoms with E-state index in [-0.39, 0.29) is 13.2 Å². The van der Waals surface area contributed by atoms with Gasteiger partial charge in [0, 0.05) is 13.7 Å². The molecule has 0 aliphatic carbocycles. The fourth-order valence-electron chi connectivity index (χ4n) is 1.59. The van der Waals surface area contributed by atoms with Gasteiger partial charge in [-0.3, -0.25) is 4.79 Å². The van der Waals surface area contributed by atoms with E-state index in [1.807, 2.05) is 0 Å². The van der Waals surface area contributed by atoms with Crippen LogP contribution in [0, 0.1) is 6.92 Å². The van der Waals surface area contributed by atoms with E-state index in [2.05, 4.69) is 5.32 Å². The number of para-hydroxylation sites is 1. The second-order valence-electron chi connectivity index (χ2n) is 4.17. The van der Waals surface area contributed by atoms with Crippen molar-refractivity contribution >= 4 is 29.3 Å². The maximum Gasteiger partial charge on any atom is 0.323 e. The minimum absolute atomic E-state index is 0.179. The number of anilines is 1. The Morgan fingerprint density at radius 1 is 1.45 bits per heavy atom. The van der Waals surface area contributed by atoms with Crippen LogP contribution in [0.3, 0.4) is 0 Å². The van der Waals surface area contributed by atoms with Crippen LogP contribution in [-0.4, -0.2) is 48.8 Å². The Morgan fingerprint density at radius 2 is 2.15 bits per heavy atom. The van der Waals surface area contributed by atoms with Gasteiger partial charge in [0.25, 0.3) is 0 Å². The third-order valence-electron chi connectivity index (χ3n) is 2.63. The highest BCUT2D eigenvalue weighted by atomic mass is 35.5. The molecule has 0 fully saturated rings. The number of ether oxygens (including phenoxy) is 1. The fraction of sp³-hybridized carbons (Fsp3) is 0.385. The molecular weight excluding hydrogens is 284 g/mol. The molecule has 1 aromatic rings. The van der Waals surface area contributed by atoms with Crippen LogP contribution in [0.15, 0.2) is 18.2 Å². The van der Waals surface area contributed by atoms with E-state index < -0.39 is 18.5 Å². The second-order valence-corrected chi connectivity index (χ2v) is 4.58. The van der Waals surface area contributed by atoms with Crippen molar-refractivity contribution in [2.24, 2.45) is 0 Å². The summed E-state index contributed by atoms with van der Waals surface area (Å²) >= 11 is 6.01. The minimum Gasteiger partial charge on any atom is -0.480 e. The number of hydrogen-bond donors (Lipinski definition) is 2. The summed E-state index contributed by atoms with van der Waals surface area (Å²) in [5, 5.41) is 11.9. The van der Waals surface area contributed by atoms with Gasteiger partial charge in [-0.15, -0.1) is 0 Å². The molecule has 7 heteroatoms. The number of carboxylic acid groups (broad SMARTS) is 1. The summed E-state index contributed by atoms with van der Waals surface area (Å²) in [5.74, 6) is -1.09. The minimum atomic E-state index is -1.09. The Kier molecular flexibility index (Phi) is 6.27. The number of methoxy groups -OCH3 is 1. The average molecular weight is 301 g/mol. The van der Waals surface area contributed by atoms with E-state index in [0.717, 1.165) is 10.5 Å². The predicted octanol–water partition coefficient (Wildman–Crippen LogP) is 2.21. The molecule has 0 aromatic heterocycles. The SMILES string of the molecule is COCCN(CC(=O)O)C(=O)Nc1c(C)cccc1Cl. The molecule has 0 bridgehead atoms. The van der Waals surface area contributed by atoms with Crippen LogP contribution in [0.4, 0.5) is 10.5 Å². The summed E-state index contributed by atoms with van der Waals surface area (Å²) in [7, 11) is 1.48. The van der Waals surface area contributed by atoms with Gasteiger partial charge in [0.15, 0.2) is 0 Å². The zero-order valence-corrected chi connectivity index (χ0v) is 12.1. The fourth-order valence-corrected chi connectivity index (χ4v) is 1.86. The number of nitrogens with zero attached hydrogens (tertiary/aromatic N) is 1. The van der Waals surface area contributed by atoms with Gasteiger partial charge in [-0.2, -0.15) is 0 Å². The maximum atomic E-state index is 12.1. The van der Waals surface area contributed by atoms with Crippen molar-refractivity contribution in [1.29, 1.82) is 0 Å². The number of carbonyl (C=O) groups is 2. The van der Waals surface area contributed by atoms with E-state index in [1.165, 1.54) is 7.11 Å². The Morgan fingerprint density at radius 3 is 2.70 bits per heavy atom. The Balaban J connectivity index is 2.81. The highest BCUT2D eigenvalue weighted by Crippen LogP contribution is 2.25. The first-order valence-electron chi connectivity index (χ1n) is 5.97. The molecule has 2 N–H and O–H groups in total. The summed E-state index contributed by atoms with van der Waals surface area (Å²) in [6, 6.07) is 4.70. The number of halogens is 1. The molecule has 0 radical (unpaired) electrons. The van der Waals surface area contributed by atoms with Crippen LogP contribution in [0.2, 0.25) is 5.02 Å². The van der Waals surface area contributed by atoms with Gasteiger partial charge < -0.3 is 20.1 Å². The monoisotopic (exact) mass is 300 g/mol. The quantitative estimate of drug-likeness (QED) is 0.844. The molecule has 0 aliphatic heterocycles. The number of amides is 2. The molecule has 0 aliphatic rings. The third kappa shape index (κ3) is 4.71. The van der Waals surface area contributed by atoms with E-state index in [0.29, 0.717) is 10.7 Å². The number of carbonyl (C=O) groups excluding carboxylic acids is 1. The van der Waals surface area contributed by atoms with Crippen LogP contribution in [0.5, 0.6) is 0 Å². The number of carboxylic acids is 1. The van der Waals surface area contributed by atoms with Crippen molar-refractivity contribution in [2.45, 2.75) is 6.92 Å². The molecule has 0 saturated heterocycles. The zero-order chi connectivity index (χ0) is 15.1. The normalized spacial score (nSPS) is 10.2. The summed E-state index contributed by atoms with van der Waals surface area (Å²) in [4.78, 5) is 24.0. The number of aliphatic carboxylic acids is 1. The Hall–Kier alpha value is -1.79. The number of urea groups is 1. The van der Waals surface area contributed by atoms with Crippen molar-refractivity contribution in [3.63, 3.8) is 0 Å². The summed E-state index contributed by atoms with van der Waals surface area (Å²) in [6.45, 7) is 1.83. The molecule has 0 spiro atoms. The van der Waals surface area contributed by atoms with E-state index >= 15 is 0 Å². The smallest absolute Gasteiger partial charge is 0.323 e. The van der Waals surface area contributed by atoms with Gasteiger partial charge in [-0.1, -0.05) is 23.7 Å². The molecule has 1 rings (SSSR count). The highest BCUT2D eigenvalue weighted by molar-refractivity contribution is 6.33. The lowest BCUT2D eigenvalue weighted by Crippen LogP contribution is -2.40. The van der Waals surface area contributed by atoms with Gasteiger partial charge >= 0.3 is 12.0 Å². The van der Waals surface area contributed by atoms with Crippen molar-refractivity contribution in [3.8, 4) is 0 Å². The summed E-state index contributed by atoms with van der Waals surface area (Å²) in [6.07, 6.45) is 0. The molecule has 0 heterocycles. The number of aryl methyl sites for hydroxylation is 1. The summed E-state index contributed by atoms with van der Waals surface area (Å²) in [5.41, 5.74) is 1.28. The lowest BCUT2D eigenvalue weighted by molar-refractivity contribution is -0.137. The first kappa shape index (κ1) is 16.3. The Labute approximate surface area is 122 Å². The first-order chi connectivity index (χ1) is 9.45. The van der Waals surface area contributed by atoms with Crippen LogP contribution < -0.4 is 5.32 Å². The number of rotatable bonds is 6. The average Bonchev–Trinajstić information content (AvgIpc) is 2.38. The zero-order valence-electron chi connectivity index (χ0n) is 11.4. The van der Waals surface area contributed by atoms with Crippen molar-refractivity contribution in [2.75, 3.05) is 32.1 Å².